The zero-order chi connectivity index (χ0) is 20.8. The highest BCUT2D eigenvalue weighted by molar-refractivity contribution is 6.12. The SMILES string of the molecule is CCOC(=O)c1oc2ccccc2c1NC(=O)/C=C\c1ccc(OC)c(OC)c1. The van der Waals surface area contributed by atoms with Gasteiger partial charge in [-0.1, -0.05) is 18.2 Å². The molecule has 0 aliphatic rings. The molecule has 0 aliphatic heterocycles. The Labute approximate surface area is 167 Å². The van der Waals surface area contributed by atoms with Gasteiger partial charge in [0.15, 0.2) is 11.5 Å². The highest BCUT2D eigenvalue weighted by Gasteiger charge is 2.22. The van der Waals surface area contributed by atoms with Gasteiger partial charge in [0, 0.05) is 11.5 Å². The normalized spacial score (nSPS) is 10.9. The first-order valence-corrected chi connectivity index (χ1v) is 8.97. The van der Waals surface area contributed by atoms with Gasteiger partial charge in [0.2, 0.25) is 11.7 Å². The third-order valence-corrected chi connectivity index (χ3v) is 4.14. The van der Waals surface area contributed by atoms with E-state index in [2.05, 4.69) is 5.32 Å². The van der Waals surface area contributed by atoms with Crippen molar-refractivity contribution in [3.63, 3.8) is 0 Å². The molecule has 3 rings (SSSR count). The Bertz CT molecular complexity index is 1070. The third kappa shape index (κ3) is 4.40. The molecule has 7 nitrogen and oxygen atoms in total. The molecule has 0 radical (unpaired) electrons. The van der Waals surface area contributed by atoms with Gasteiger partial charge >= 0.3 is 5.97 Å². The lowest BCUT2D eigenvalue weighted by Gasteiger charge is -2.07. The van der Waals surface area contributed by atoms with Gasteiger partial charge in [-0.05, 0) is 42.8 Å². The summed E-state index contributed by atoms with van der Waals surface area (Å²) in [6, 6.07) is 12.3. The lowest BCUT2D eigenvalue weighted by Crippen LogP contribution is -2.12. The number of fused-ring (bicyclic) bond motifs is 1. The van der Waals surface area contributed by atoms with E-state index in [9.17, 15) is 9.59 Å². The maximum Gasteiger partial charge on any atom is 0.376 e. The number of methoxy groups -OCH3 is 2. The van der Waals surface area contributed by atoms with Crippen LogP contribution in [-0.4, -0.2) is 32.7 Å². The smallest absolute Gasteiger partial charge is 0.376 e. The molecule has 0 saturated carbocycles. The Hall–Kier alpha value is -3.74. The maximum absolute atomic E-state index is 12.5. The van der Waals surface area contributed by atoms with E-state index in [-0.39, 0.29) is 18.1 Å². The van der Waals surface area contributed by atoms with E-state index in [1.54, 1.807) is 69.7 Å². The molecule has 0 saturated heterocycles. The van der Waals surface area contributed by atoms with Gasteiger partial charge in [0.05, 0.1) is 20.8 Å². The molecule has 1 aromatic heterocycles. The second-order valence-electron chi connectivity index (χ2n) is 5.96. The number of ether oxygens (including phenoxy) is 3. The molecule has 0 fully saturated rings. The molecule has 0 bridgehead atoms. The van der Waals surface area contributed by atoms with Crippen molar-refractivity contribution in [2.24, 2.45) is 0 Å². The van der Waals surface area contributed by atoms with Gasteiger partial charge in [0.1, 0.15) is 11.3 Å². The minimum atomic E-state index is -0.636. The van der Waals surface area contributed by atoms with Crippen LogP contribution in [0.4, 0.5) is 5.69 Å². The molecule has 2 aromatic carbocycles. The third-order valence-electron chi connectivity index (χ3n) is 4.14. The summed E-state index contributed by atoms with van der Waals surface area (Å²) in [6.45, 7) is 1.90. The molecule has 1 amide bonds. The molecular formula is C22H21NO6. The number of para-hydroxylation sites is 1. The van der Waals surface area contributed by atoms with Crippen molar-refractivity contribution >= 4 is 34.6 Å². The highest BCUT2D eigenvalue weighted by Crippen LogP contribution is 2.32. The Morgan fingerprint density at radius 3 is 2.55 bits per heavy atom. The number of esters is 1. The first-order chi connectivity index (χ1) is 14.1. The minimum absolute atomic E-state index is 0.0408. The van der Waals surface area contributed by atoms with Crippen molar-refractivity contribution in [3.05, 3.63) is 59.9 Å². The summed E-state index contributed by atoms with van der Waals surface area (Å²) in [5.41, 5.74) is 1.51. The second-order valence-corrected chi connectivity index (χ2v) is 5.96. The number of carbonyl (C=O) groups is 2. The summed E-state index contributed by atoms with van der Waals surface area (Å²) in [6.07, 6.45) is 2.99. The van der Waals surface area contributed by atoms with E-state index < -0.39 is 11.9 Å². The number of amides is 1. The fourth-order valence-corrected chi connectivity index (χ4v) is 2.80. The van der Waals surface area contributed by atoms with E-state index in [0.717, 1.165) is 5.56 Å². The van der Waals surface area contributed by atoms with Crippen LogP contribution in [0.25, 0.3) is 17.0 Å². The van der Waals surface area contributed by atoms with E-state index in [1.807, 2.05) is 0 Å². The van der Waals surface area contributed by atoms with Gasteiger partial charge in [-0.15, -0.1) is 0 Å². The quantitative estimate of drug-likeness (QED) is 0.475. The van der Waals surface area contributed by atoms with Crippen molar-refractivity contribution in [1.29, 1.82) is 0 Å². The molecule has 1 N–H and O–H groups in total. The van der Waals surface area contributed by atoms with Gasteiger partial charge < -0.3 is 23.9 Å². The zero-order valence-electron chi connectivity index (χ0n) is 16.4. The van der Waals surface area contributed by atoms with Crippen molar-refractivity contribution in [3.8, 4) is 11.5 Å². The Balaban J connectivity index is 1.85. The molecule has 150 valence electrons. The largest absolute Gasteiger partial charge is 0.493 e. The number of hydrogen-bond acceptors (Lipinski definition) is 6. The van der Waals surface area contributed by atoms with Crippen LogP contribution < -0.4 is 14.8 Å². The first kappa shape index (κ1) is 20.0. The van der Waals surface area contributed by atoms with Crippen LogP contribution in [-0.2, 0) is 9.53 Å². The molecule has 29 heavy (non-hydrogen) atoms. The molecule has 0 unspecified atom stereocenters. The summed E-state index contributed by atoms with van der Waals surface area (Å²) in [7, 11) is 3.09. The number of nitrogens with one attached hydrogen (secondary N) is 1. The lowest BCUT2D eigenvalue weighted by molar-refractivity contribution is -0.111. The number of hydrogen-bond donors (Lipinski definition) is 1. The summed E-state index contributed by atoms with van der Waals surface area (Å²) >= 11 is 0. The van der Waals surface area contributed by atoms with E-state index in [1.165, 1.54) is 6.08 Å². The van der Waals surface area contributed by atoms with E-state index in [0.29, 0.717) is 22.5 Å². The Morgan fingerprint density at radius 1 is 1.07 bits per heavy atom. The van der Waals surface area contributed by atoms with Crippen LogP contribution in [0.3, 0.4) is 0 Å². The average molecular weight is 395 g/mol. The van der Waals surface area contributed by atoms with E-state index >= 15 is 0 Å². The standard InChI is InChI=1S/C22H21NO6/c1-4-28-22(25)21-20(15-7-5-6-8-16(15)29-21)23-19(24)12-10-14-9-11-17(26-2)18(13-14)27-3/h5-13H,4H2,1-3H3,(H,23,24)/b12-10-. The monoisotopic (exact) mass is 395 g/mol. The van der Waals surface area contributed by atoms with Crippen LogP contribution >= 0.6 is 0 Å². The molecule has 1 heterocycles. The average Bonchev–Trinajstić information content (AvgIpc) is 3.10. The van der Waals surface area contributed by atoms with Crippen LogP contribution in [0, 0.1) is 0 Å². The number of carbonyl (C=O) groups excluding carboxylic acids is 2. The maximum atomic E-state index is 12.5. The Kier molecular flexibility index (Phi) is 6.19. The lowest BCUT2D eigenvalue weighted by atomic mass is 10.2. The van der Waals surface area contributed by atoms with Crippen molar-refractivity contribution in [1.82, 2.24) is 0 Å². The minimum Gasteiger partial charge on any atom is -0.493 e. The predicted molar refractivity (Wildman–Crippen MR) is 109 cm³/mol. The summed E-state index contributed by atoms with van der Waals surface area (Å²) in [5.74, 6) is 0.0548. The van der Waals surface area contributed by atoms with Crippen LogP contribution in [0.15, 0.2) is 53.0 Å². The number of benzene rings is 2. The van der Waals surface area contributed by atoms with Crippen molar-refractivity contribution in [2.45, 2.75) is 6.92 Å². The van der Waals surface area contributed by atoms with Crippen LogP contribution in [0.1, 0.15) is 23.0 Å². The van der Waals surface area contributed by atoms with Gasteiger partial charge in [-0.3, -0.25) is 4.79 Å². The molecular weight excluding hydrogens is 374 g/mol. The van der Waals surface area contributed by atoms with E-state index in [4.69, 9.17) is 18.6 Å². The predicted octanol–water partition coefficient (Wildman–Crippen LogP) is 4.28. The molecule has 0 atom stereocenters. The van der Waals surface area contributed by atoms with Gasteiger partial charge in [0.25, 0.3) is 0 Å². The zero-order valence-corrected chi connectivity index (χ0v) is 16.4. The molecule has 3 aromatic rings. The second kappa shape index (κ2) is 8.97. The summed E-state index contributed by atoms with van der Waals surface area (Å²) < 4.78 is 21.1. The summed E-state index contributed by atoms with van der Waals surface area (Å²) in [4.78, 5) is 24.7. The van der Waals surface area contributed by atoms with Crippen LogP contribution in [0.5, 0.6) is 11.5 Å². The molecule has 7 heteroatoms. The number of anilines is 1. The number of rotatable bonds is 7. The van der Waals surface area contributed by atoms with Crippen molar-refractivity contribution in [2.75, 3.05) is 26.1 Å². The molecule has 0 aliphatic carbocycles. The van der Waals surface area contributed by atoms with Gasteiger partial charge in [-0.2, -0.15) is 0 Å². The van der Waals surface area contributed by atoms with Gasteiger partial charge in [-0.25, -0.2) is 4.79 Å². The fourth-order valence-electron chi connectivity index (χ4n) is 2.80. The first-order valence-electron chi connectivity index (χ1n) is 8.97. The fraction of sp³-hybridized carbons (Fsp3) is 0.182. The van der Waals surface area contributed by atoms with Crippen LogP contribution in [0.2, 0.25) is 0 Å². The Morgan fingerprint density at radius 2 is 1.83 bits per heavy atom. The number of furan rings is 1. The molecule has 0 spiro atoms. The summed E-state index contributed by atoms with van der Waals surface area (Å²) in [5, 5.41) is 3.33. The van der Waals surface area contributed by atoms with Crippen molar-refractivity contribution < 1.29 is 28.2 Å². The topological polar surface area (TPSA) is 87.0 Å². The highest BCUT2D eigenvalue weighted by atomic mass is 16.5.